The highest BCUT2D eigenvalue weighted by Crippen LogP contribution is 2.23. The second-order valence-corrected chi connectivity index (χ2v) is 5.69. The number of aromatic nitrogens is 1. The lowest BCUT2D eigenvalue weighted by Gasteiger charge is -2.35. The van der Waals surface area contributed by atoms with E-state index >= 15 is 0 Å². The standard InChI is InChI=1S/C15H27N3O/c1-6-7-16-9-13-8-12(2)14(17-10-13)18(5)15(3,4)11-19/h8,10,16,19H,6-7,9,11H2,1-5H3. The van der Waals surface area contributed by atoms with Crippen LogP contribution < -0.4 is 10.2 Å². The van der Waals surface area contributed by atoms with Crippen molar-refractivity contribution < 1.29 is 5.11 Å². The molecule has 0 unspecified atom stereocenters. The Labute approximate surface area is 116 Å². The number of aliphatic hydroxyl groups excluding tert-OH is 1. The second-order valence-electron chi connectivity index (χ2n) is 5.69. The van der Waals surface area contributed by atoms with E-state index in [1.165, 1.54) is 5.56 Å². The summed E-state index contributed by atoms with van der Waals surface area (Å²) in [7, 11) is 1.97. The van der Waals surface area contributed by atoms with Gasteiger partial charge in [0.05, 0.1) is 12.1 Å². The van der Waals surface area contributed by atoms with Crippen molar-refractivity contribution in [1.29, 1.82) is 0 Å². The quantitative estimate of drug-likeness (QED) is 0.741. The molecule has 0 aliphatic carbocycles. The van der Waals surface area contributed by atoms with Crippen LogP contribution in [0.1, 0.15) is 38.3 Å². The maximum Gasteiger partial charge on any atom is 0.131 e. The molecule has 1 aromatic heterocycles. The van der Waals surface area contributed by atoms with Gasteiger partial charge in [-0.1, -0.05) is 6.92 Å². The molecule has 0 bridgehead atoms. The highest BCUT2D eigenvalue weighted by Gasteiger charge is 2.24. The largest absolute Gasteiger partial charge is 0.394 e. The number of hydrogen-bond donors (Lipinski definition) is 2. The van der Waals surface area contributed by atoms with Gasteiger partial charge in [-0.3, -0.25) is 0 Å². The third kappa shape index (κ3) is 4.18. The van der Waals surface area contributed by atoms with Gasteiger partial charge in [-0.15, -0.1) is 0 Å². The van der Waals surface area contributed by atoms with Crippen LogP contribution >= 0.6 is 0 Å². The summed E-state index contributed by atoms with van der Waals surface area (Å²) >= 11 is 0. The van der Waals surface area contributed by atoms with Crippen LogP contribution in [-0.4, -0.2) is 35.8 Å². The van der Waals surface area contributed by atoms with E-state index in [9.17, 15) is 5.11 Å². The van der Waals surface area contributed by atoms with Crippen molar-refractivity contribution in [3.8, 4) is 0 Å². The first-order valence-corrected chi connectivity index (χ1v) is 6.93. The van der Waals surface area contributed by atoms with Crippen molar-refractivity contribution in [2.24, 2.45) is 0 Å². The topological polar surface area (TPSA) is 48.4 Å². The van der Waals surface area contributed by atoms with Gasteiger partial charge in [0.25, 0.3) is 0 Å². The molecule has 4 heteroatoms. The number of rotatable bonds is 7. The Morgan fingerprint density at radius 2 is 2.11 bits per heavy atom. The summed E-state index contributed by atoms with van der Waals surface area (Å²) in [6.45, 7) is 10.2. The average Bonchev–Trinajstić information content (AvgIpc) is 2.38. The first kappa shape index (κ1) is 15.9. The normalized spacial score (nSPS) is 11.7. The van der Waals surface area contributed by atoms with Gasteiger partial charge in [0, 0.05) is 19.8 Å². The van der Waals surface area contributed by atoms with Gasteiger partial charge >= 0.3 is 0 Å². The molecule has 0 atom stereocenters. The van der Waals surface area contributed by atoms with Crippen LogP contribution in [0.4, 0.5) is 5.82 Å². The zero-order chi connectivity index (χ0) is 14.5. The summed E-state index contributed by atoms with van der Waals surface area (Å²) in [6, 6.07) is 2.16. The van der Waals surface area contributed by atoms with Gasteiger partial charge in [-0.25, -0.2) is 4.98 Å². The number of nitrogens with zero attached hydrogens (tertiary/aromatic N) is 2. The van der Waals surface area contributed by atoms with E-state index in [2.05, 4.69) is 30.2 Å². The number of aliphatic hydroxyl groups is 1. The number of hydrogen-bond acceptors (Lipinski definition) is 4. The van der Waals surface area contributed by atoms with Crippen molar-refractivity contribution in [3.63, 3.8) is 0 Å². The van der Waals surface area contributed by atoms with E-state index in [4.69, 9.17) is 0 Å². The summed E-state index contributed by atoms with van der Waals surface area (Å²) in [4.78, 5) is 6.58. The molecule has 0 radical (unpaired) electrons. The maximum absolute atomic E-state index is 9.44. The third-order valence-electron chi connectivity index (χ3n) is 3.48. The highest BCUT2D eigenvalue weighted by atomic mass is 16.3. The summed E-state index contributed by atoms with van der Waals surface area (Å²) in [5.41, 5.74) is 2.03. The molecule has 1 rings (SSSR count). The Morgan fingerprint density at radius 1 is 1.42 bits per heavy atom. The second kappa shape index (κ2) is 6.87. The Kier molecular flexibility index (Phi) is 5.76. The number of aryl methyl sites for hydroxylation is 1. The molecule has 0 saturated carbocycles. The molecule has 0 aliphatic heterocycles. The molecule has 0 aromatic carbocycles. The molecule has 4 nitrogen and oxygen atoms in total. The van der Waals surface area contributed by atoms with Crippen LogP contribution in [0.3, 0.4) is 0 Å². The minimum atomic E-state index is -0.306. The molecule has 0 amide bonds. The zero-order valence-electron chi connectivity index (χ0n) is 12.8. The lowest BCUT2D eigenvalue weighted by molar-refractivity contribution is 0.215. The number of anilines is 1. The van der Waals surface area contributed by atoms with E-state index in [0.29, 0.717) is 0 Å². The van der Waals surface area contributed by atoms with Crippen molar-refractivity contribution in [1.82, 2.24) is 10.3 Å². The monoisotopic (exact) mass is 265 g/mol. The zero-order valence-corrected chi connectivity index (χ0v) is 12.8. The van der Waals surface area contributed by atoms with Gasteiger partial charge in [-0.05, 0) is 50.9 Å². The fourth-order valence-corrected chi connectivity index (χ4v) is 1.88. The molecule has 0 aliphatic rings. The van der Waals surface area contributed by atoms with Crippen LogP contribution in [0.25, 0.3) is 0 Å². The van der Waals surface area contributed by atoms with Crippen molar-refractivity contribution in [2.75, 3.05) is 25.1 Å². The van der Waals surface area contributed by atoms with Crippen LogP contribution in [-0.2, 0) is 6.54 Å². The van der Waals surface area contributed by atoms with Crippen LogP contribution in [0.15, 0.2) is 12.3 Å². The summed E-state index contributed by atoms with van der Waals surface area (Å²) < 4.78 is 0. The third-order valence-corrected chi connectivity index (χ3v) is 3.48. The van der Waals surface area contributed by atoms with Crippen LogP contribution in [0.2, 0.25) is 0 Å². The summed E-state index contributed by atoms with van der Waals surface area (Å²) in [5, 5.41) is 12.8. The molecule has 0 spiro atoms. The lowest BCUT2D eigenvalue weighted by Crippen LogP contribution is -2.45. The van der Waals surface area contributed by atoms with Crippen LogP contribution in [0.5, 0.6) is 0 Å². The van der Waals surface area contributed by atoms with E-state index in [0.717, 1.165) is 30.9 Å². The number of nitrogens with one attached hydrogen (secondary N) is 1. The fraction of sp³-hybridized carbons (Fsp3) is 0.667. The molecule has 19 heavy (non-hydrogen) atoms. The molecular formula is C15H27N3O. The van der Waals surface area contributed by atoms with Crippen molar-refractivity contribution in [2.45, 2.75) is 46.2 Å². The van der Waals surface area contributed by atoms with E-state index in [1.807, 2.05) is 32.0 Å². The highest BCUT2D eigenvalue weighted by molar-refractivity contribution is 5.48. The smallest absolute Gasteiger partial charge is 0.131 e. The predicted octanol–water partition coefficient (Wildman–Crippen LogP) is 2.10. The fourth-order valence-electron chi connectivity index (χ4n) is 1.88. The molecule has 0 fully saturated rings. The van der Waals surface area contributed by atoms with Crippen molar-refractivity contribution in [3.05, 3.63) is 23.4 Å². The molecule has 2 N–H and O–H groups in total. The van der Waals surface area contributed by atoms with Gasteiger partial charge < -0.3 is 15.3 Å². The van der Waals surface area contributed by atoms with E-state index in [1.54, 1.807) is 0 Å². The molecular weight excluding hydrogens is 238 g/mol. The molecule has 1 heterocycles. The predicted molar refractivity (Wildman–Crippen MR) is 80.5 cm³/mol. The summed E-state index contributed by atoms with van der Waals surface area (Å²) in [6.07, 6.45) is 3.05. The Balaban J connectivity index is 2.82. The average molecular weight is 265 g/mol. The SMILES string of the molecule is CCCNCc1cnc(N(C)C(C)(C)CO)c(C)c1. The van der Waals surface area contributed by atoms with Gasteiger partial charge in [-0.2, -0.15) is 0 Å². The minimum Gasteiger partial charge on any atom is -0.394 e. The Morgan fingerprint density at radius 3 is 2.63 bits per heavy atom. The number of likely N-dealkylation sites (N-methyl/N-ethyl adjacent to an activating group) is 1. The van der Waals surface area contributed by atoms with Gasteiger partial charge in [0.2, 0.25) is 0 Å². The Hall–Kier alpha value is -1.13. The maximum atomic E-state index is 9.44. The van der Waals surface area contributed by atoms with Crippen LogP contribution in [0, 0.1) is 6.92 Å². The molecule has 0 saturated heterocycles. The first-order valence-electron chi connectivity index (χ1n) is 6.93. The first-order chi connectivity index (χ1) is 8.92. The van der Waals surface area contributed by atoms with Crippen molar-refractivity contribution >= 4 is 5.82 Å². The minimum absolute atomic E-state index is 0.102. The van der Waals surface area contributed by atoms with E-state index in [-0.39, 0.29) is 12.1 Å². The number of pyridine rings is 1. The lowest BCUT2D eigenvalue weighted by atomic mass is 10.0. The summed E-state index contributed by atoms with van der Waals surface area (Å²) in [5.74, 6) is 0.929. The van der Waals surface area contributed by atoms with Gasteiger partial charge in [0.15, 0.2) is 0 Å². The molecule has 1 aromatic rings. The Bertz CT molecular complexity index is 404. The van der Waals surface area contributed by atoms with E-state index < -0.39 is 0 Å². The van der Waals surface area contributed by atoms with Gasteiger partial charge in [0.1, 0.15) is 5.82 Å². The molecule has 108 valence electrons.